The van der Waals surface area contributed by atoms with Crippen LogP contribution in [0.3, 0.4) is 0 Å². The van der Waals surface area contributed by atoms with Crippen LogP contribution in [0.4, 0.5) is 0 Å². The van der Waals surface area contributed by atoms with Gasteiger partial charge in [-0.15, -0.1) is 0 Å². The maximum Gasteiger partial charge on any atom is 0.303 e. The molecule has 1 heterocycles. The van der Waals surface area contributed by atoms with E-state index in [0.717, 1.165) is 24.3 Å². The molecule has 92 valence electrons. The fourth-order valence-corrected chi connectivity index (χ4v) is 3.39. The predicted molar refractivity (Wildman–Crippen MR) is 66.6 cm³/mol. The summed E-state index contributed by atoms with van der Waals surface area (Å²) in [5.74, 6) is 2.55. The minimum Gasteiger partial charge on any atom is -0.481 e. The fraction of sp³-hybridized carbons (Fsp3) is 0.750. The molecule has 0 amide bonds. The van der Waals surface area contributed by atoms with E-state index in [9.17, 15) is 4.79 Å². The maximum absolute atomic E-state index is 10.3. The van der Waals surface area contributed by atoms with Crippen molar-refractivity contribution in [2.45, 2.75) is 25.7 Å². The van der Waals surface area contributed by atoms with Crippen LogP contribution >= 0.6 is 11.8 Å². The number of aliphatic hydroxyl groups is 1. The van der Waals surface area contributed by atoms with Crippen LogP contribution in [0.2, 0.25) is 0 Å². The number of rotatable bonds is 7. The molecule has 1 aliphatic rings. The summed E-state index contributed by atoms with van der Waals surface area (Å²) in [5, 5.41) is 17.6. The Kier molecular flexibility index (Phi) is 6.57. The number of thioether (sulfide) groups is 1. The van der Waals surface area contributed by atoms with Crippen LogP contribution in [0.15, 0.2) is 12.2 Å². The smallest absolute Gasteiger partial charge is 0.303 e. The normalized spacial score (nSPS) is 25.3. The average Bonchev–Trinajstić information content (AvgIpc) is 2.70. The van der Waals surface area contributed by atoms with E-state index >= 15 is 0 Å². The van der Waals surface area contributed by atoms with Gasteiger partial charge in [0.25, 0.3) is 0 Å². The van der Waals surface area contributed by atoms with Crippen LogP contribution in [-0.2, 0) is 4.79 Å². The first-order chi connectivity index (χ1) is 7.74. The molecule has 1 saturated heterocycles. The summed E-state index contributed by atoms with van der Waals surface area (Å²) in [6.45, 7) is 0.296. The molecule has 3 nitrogen and oxygen atoms in total. The van der Waals surface area contributed by atoms with Crippen molar-refractivity contribution in [2.75, 3.05) is 18.1 Å². The van der Waals surface area contributed by atoms with Gasteiger partial charge < -0.3 is 10.2 Å². The van der Waals surface area contributed by atoms with E-state index in [4.69, 9.17) is 10.2 Å². The first kappa shape index (κ1) is 13.6. The van der Waals surface area contributed by atoms with E-state index < -0.39 is 5.97 Å². The Morgan fingerprint density at radius 3 is 2.75 bits per heavy atom. The molecule has 0 aromatic heterocycles. The van der Waals surface area contributed by atoms with Gasteiger partial charge in [0.15, 0.2) is 0 Å². The van der Waals surface area contributed by atoms with Crippen molar-refractivity contribution in [1.29, 1.82) is 0 Å². The number of hydrogen-bond acceptors (Lipinski definition) is 3. The molecule has 2 N–H and O–H groups in total. The highest BCUT2D eigenvalue weighted by molar-refractivity contribution is 7.99. The third-order valence-corrected chi connectivity index (χ3v) is 4.26. The quantitative estimate of drug-likeness (QED) is 0.532. The van der Waals surface area contributed by atoms with Crippen molar-refractivity contribution in [2.24, 2.45) is 11.8 Å². The van der Waals surface area contributed by atoms with Crippen LogP contribution in [-0.4, -0.2) is 34.3 Å². The number of unbranched alkanes of at least 4 members (excludes halogenated alkanes) is 1. The lowest BCUT2D eigenvalue weighted by atomic mass is 9.93. The highest BCUT2D eigenvalue weighted by Crippen LogP contribution is 2.32. The molecule has 0 aliphatic carbocycles. The zero-order chi connectivity index (χ0) is 11.8. The lowest BCUT2D eigenvalue weighted by Crippen LogP contribution is -2.15. The number of allylic oxidation sites excluding steroid dienone is 2. The van der Waals surface area contributed by atoms with Gasteiger partial charge in [0, 0.05) is 13.0 Å². The van der Waals surface area contributed by atoms with Gasteiger partial charge in [0.05, 0.1) is 0 Å². The van der Waals surface area contributed by atoms with E-state index in [1.54, 1.807) is 0 Å². The number of aliphatic hydroxyl groups excluding tert-OH is 1. The molecule has 0 spiro atoms. The Bertz CT molecular complexity index is 240. The molecule has 4 heteroatoms. The minimum atomic E-state index is -0.721. The molecule has 1 aliphatic heterocycles. The molecular formula is C12H20O3S. The Labute approximate surface area is 101 Å². The minimum absolute atomic E-state index is 0.253. The molecule has 0 aromatic rings. The largest absolute Gasteiger partial charge is 0.481 e. The molecule has 0 saturated carbocycles. The first-order valence-electron chi connectivity index (χ1n) is 5.79. The van der Waals surface area contributed by atoms with E-state index in [0.29, 0.717) is 24.9 Å². The van der Waals surface area contributed by atoms with Gasteiger partial charge >= 0.3 is 5.97 Å². The molecule has 0 aromatic carbocycles. The molecule has 2 atom stereocenters. The molecule has 1 rings (SSSR count). The second-order valence-corrected chi connectivity index (χ2v) is 5.31. The number of carbonyl (C=O) groups is 1. The molecule has 16 heavy (non-hydrogen) atoms. The Balaban J connectivity index is 2.09. The van der Waals surface area contributed by atoms with Crippen molar-refractivity contribution >= 4 is 17.7 Å². The van der Waals surface area contributed by atoms with E-state index in [1.165, 1.54) is 0 Å². The van der Waals surface area contributed by atoms with E-state index in [1.807, 2.05) is 11.8 Å². The first-order valence-corrected chi connectivity index (χ1v) is 6.95. The monoisotopic (exact) mass is 244 g/mol. The maximum atomic E-state index is 10.3. The summed E-state index contributed by atoms with van der Waals surface area (Å²) in [4.78, 5) is 10.3. The molecule has 0 radical (unpaired) electrons. The molecule has 0 unspecified atom stereocenters. The summed E-state index contributed by atoms with van der Waals surface area (Å²) in [5.41, 5.74) is 0. The van der Waals surface area contributed by atoms with Gasteiger partial charge in [-0.3, -0.25) is 4.79 Å². The Morgan fingerprint density at radius 1 is 1.31 bits per heavy atom. The third kappa shape index (κ3) is 5.03. The summed E-state index contributed by atoms with van der Waals surface area (Å²) in [6, 6.07) is 0. The number of hydrogen-bond donors (Lipinski definition) is 2. The number of carboxylic acid groups (broad SMARTS) is 1. The summed E-state index contributed by atoms with van der Waals surface area (Å²) in [6.07, 6.45) is 7.04. The lowest BCUT2D eigenvalue weighted by Gasteiger charge is -2.13. The van der Waals surface area contributed by atoms with E-state index in [-0.39, 0.29) is 6.42 Å². The van der Waals surface area contributed by atoms with Crippen LogP contribution in [0.5, 0.6) is 0 Å². The predicted octanol–water partition coefficient (Wildman–Crippen LogP) is 2.16. The van der Waals surface area contributed by atoms with Gasteiger partial charge in [-0.1, -0.05) is 12.2 Å². The van der Waals surface area contributed by atoms with Gasteiger partial charge in [-0.25, -0.2) is 0 Å². The van der Waals surface area contributed by atoms with Crippen LogP contribution in [0.1, 0.15) is 25.7 Å². The molecule has 0 bridgehead atoms. The zero-order valence-electron chi connectivity index (χ0n) is 9.47. The topological polar surface area (TPSA) is 57.5 Å². The highest BCUT2D eigenvalue weighted by atomic mass is 32.2. The number of aliphatic carboxylic acids is 1. The second kappa shape index (κ2) is 7.74. The van der Waals surface area contributed by atoms with Gasteiger partial charge in [0.1, 0.15) is 0 Å². The van der Waals surface area contributed by atoms with Crippen LogP contribution in [0, 0.1) is 11.8 Å². The van der Waals surface area contributed by atoms with Crippen molar-refractivity contribution in [3.8, 4) is 0 Å². The highest BCUT2D eigenvalue weighted by Gasteiger charge is 2.25. The van der Waals surface area contributed by atoms with Gasteiger partial charge in [-0.2, -0.15) is 11.8 Å². The molecule has 1 fully saturated rings. The second-order valence-electron chi connectivity index (χ2n) is 4.23. The van der Waals surface area contributed by atoms with Gasteiger partial charge in [0.2, 0.25) is 0 Å². The standard InChI is InChI=1S/C12H20O3S/c13-7-11-9-16-8-10(11)5-3-1-2-4-6-12(14)15/h1,3,10-11,13H,2,4-9H2,(H,14,15)/b3-1-/t10-,11-/m0/s1. The van der Waals surface area contributed by atoms with E-state index in [2.05, 4.69) is 12.2 Å². The Hall–Kier alpha value is -0.480. The Morgan fingerprint density at radius 2 is 2.06 bits per heavy atom. The van der Waals surface area contributed by atoms with Crippen molar-refractivity contribution in [3.05, 3.63) is 12.2 Å². The van der Waals surface area contributed by atoms with Crippen LogP contribution < -0.4 is 0 Å². The van der Waals surface area contributed by atoms with Crippen LogP contribution in [0.25, 0.3) is 0 Å². The van der Waals surface area contributed by atoms with Gasteiger partial charge in [-0.05, 0) is 42.6 Å². The number of carboxylic acids is 1. The third-order valence-electron chi connectivity index (χ3n) is 2.93. The summed E-state index contributed by atoms with van der Waals surface area (Å²) < 4.78 is 0. The van der Waals surface area contributed by atoms with Crippen molar-refractivity contribution in [3.63, 3.8) is 0 Å². The fourth-order valence-electron chi connectivity index (χ4n) is 1.87. The zero-order valence-corrected chi connectivity index (χ0v) is 10.3. The van der Waals surface area contributed by atoms with Crippen molar-refractivity contribution < 1.29 is 15.0 Å². The SMILES string of the molecule is O=C(O)CCC/C=C\C[C@H]1CSC[C@@H]1CO. The molecular weight excluding hydrogens is 224 g/mol. The van der Waals surface area contributed by atoms with Crippen molar-refractivity contribution in [1.82, 2.24) is 0 Å². The summed E-state index contributed by atoms with van der Waals surface area (Å²) >= 11 is 1.92. The lowest BCUT2D eigenvalue weighted by molar-refractivity contribution is -0.137. The average molecular weight is 244 g/mol. The summed E-state index contributed by atoms with van der Waals surface area (Å²) in [7, 11) is 0.